The van der Waals surface area contributed by atoms with Crippen molar-refractivity contribution in [2.24, 2.45) is 0 Å². The highest BCUT2D eigenvalue weighted by Gasteiger charge is 2.21. The number of hydrogen-bond acceptors (Lipinski definition) is 5. The van der Waals surface area contributed by atoms with Gasteiger partial charge >= 0.3 is 0 Å². The number of carbonyl (C=O) groups is 1. The molecule has 1 aliphatic rings. The number of aromatic nitrogens is 1. The predicted octanol–water partition coefficient (Wildman–Crippen LogP) is 1.88. The summed E-state index contributed by atoms with van der Waals surface area (Å²) in [6, 6.07) is 10.6. The highest BCUT2D eigenvalue weighted by Crippen LogP contribution is 2.22. The average molecular weight is 359 g/mol. The zero-order valence-corrected chi connectivity index (χ0v) is 14.9. The number of hydrogen-bond donors (Lipinski definition) is 1. The van der Waals surface area contributed by atoms with E-state index in [4.69, 9.17) is 0 Å². The highest BCUT2D eigenvalue weighted by molar-refractivity contribution is 7.90. The first-order valence-corrected chi connectivity index (χ1v) is 10.1. The van der Waals surface area contributed by atoms with Gasteiger partial charge in [0.25, 0.3) is 5.91 Å². The summed E-state index contributed by atoms with van der Waals surface area (Å²) in [7, 11) is -3.17. The maximum absolute atomic E-state index is 12.2. The predicted molar refractivity (Wildman–Crippen MR) is 96.5 cm³/mol. The molecule has 132 valence electrons. The van der Waals surface area contributed by atoms with Crippen molar-refractivity contribution in [3.05, 3.63) is 54.4 Å². The van der Waals surface area contributed by atoms with Crippen LogP contribution in [0.1, 0.15) is 23.2 Å². The molecule has 3 rings (SSSR count). The minimum absolute atomic E-state index is 0.0935. The first-order valence-electron chi connectivity index (χ1n) is 8.19. The van der Waals surface area contributed by atoms with E-state index in [1.165, 1.54) is 6.26 Å². The summed E-state index contributed by atoms with van der Waals surface area (Å²) >= 11 is 0. The monoisotopic (exact) mass is 359 g/mol. The first kappa shape index (κ1) is 17.4. The Bertz CT molecular complexity index is 828. The van der Waals surface area contributed by atoms with Gasteiger partial charge in [0.1, 0.15) is 0 Å². The van der Waals surface area contributed by atoms with Gasteiger partial charge in [-0.1, -0.05) is 0 Å². The first-order chi connectivity index (χ1) is 11.9. The molecular formula is C18H21N3O3S. The van der Waals surface area contributed by atoms with E-state index in [0.717, 1.165) is 31.6 Å². The lowest BCUT2D eigenvalue weighted by atomic mass is 10.0. The molecule has 1 saturated heterocycles. The van der Waals surface area contributed by atoms with E-state index in [1.807, 2.05) is 12.1 Å². The lowest BCUT2D eigenvalue weighted by Crippen LogP contribution is -2.44. The summed E-state index contributed by atoms with van der Waals surface area (Å²) in [6.45, 7) is 1.63. The SMILES string of the molecule is CS(=O)(=O)c1ccc(N2CCC(NC(=O)c3cccnc3)CC2)cc1. The van der Waals surface area contributed by atoms with Crippen LogP contribution in [-0.4, -0.2) is 44.7 Å². The van der Waals surface area contributed by atoms with E-state index >= 15 is 0 Å². The van der Waals surface area contributed by atoms with Gasteiger partial charge in [0, 0.05) is 43.5 Å². The second kappa shape index (κ2) is 7.23. The molecule has 6 nitrogen and oxygen atoms in total. The molecular weight excluding hydrogens is 338 g/mol. The van der Waals surface area contributed by atoms with Crippen molar-refractivity contribution < 1.29 is 13.2 Å². The van der Waals surface area contributed by atoms with Gasteiger partial charge in [-0.3, -0.25) is 9.78 Å². The molecule has 0 radical (unpaired) electrons. The Balaban J connectivity index is 1.56. The number of sulfone groups is 1. The van der Waals surface area contributed by atoms with Gasteiger partial charge in [0.2, 0.25) is 0 Å². The van der Waals surface area contributed by atoms with Gasteiger partial charge in [-0.05, 0) is 49.2 Å². The number of nitrogens with zero attached hydrogens (tertiary/aromatic N) is 2. The average Bonchev–Trinajstić information content (AvgIpc) is 2.62. The third-order valence-electron chi connectivity index (χ3n) is 4.38. The minimum Gasteiger partial charge on any atom is -0.371 e. The zero-order chi connectivity index (χ0) is 17.9. The van der Waals surface area contributed by atoms with Crippen LogP contribution in [-0.2, 0) is 9.84 Å². The number of rotatable bonds is 4. The second-order valence-corrected chi connectivity index (χ2v) is 8.26. The van der Waals surface area contributed by atoms with Gasteiger partial charge in [0.05, 0.1) is 10.5 Å². The maximum Gasteiger partial charge on any atom is 0.253 e. The molecule has 1 aliphatic heterocycles. The van der Waals surface area contributed by atoms with Crippen molar-refractivity contribution >= 4 is 21.4 Å². The fourth-order valence-corrected chi connectivity index (χ4v) is 3.58. The van der Waals surface area contributed by atoms with Crippen LogP contribution in [0.25, 0.3) is 0 Å². The third kappa shape index (κ3) is 4.36. The fourth-order valence-electron chi connectivity index (χ4n) is 2.95. The maximum atomic E-state index is 12.2. The Morgan fingerprint density at radius 3 is 2.40 bits per heavy atom. The molecule has 7 heteroatoms. The van der Waals surface area contributed by atoms with E-state index in [1.54, 1.807) is 36.7 Å². The number of nitrogens with one attached hydrogen (secondary N) is 1. The number of carbonyl (C=O) groups excluding carboxylic acids is 1. The number of anilines is 1. The topological polar surface area (TPSA) is 79.4 Å². The van der Waals surface area contributed by atoms with Crippen LogP contribution in [0.15, 0.2) is 53.7 Å². The van der Waals surface area contributed by atoms with Crippen LogP contribution < -0.4 is 10.2 Å². The molecule has 0 bridgehead atoms. The quantitative estimate of drug-likeness (QED) is 0.902. The molecule has 0 aliphatic carbocycles. The summed E-state index contributed by atoms with van der Waals surface area (Å²) in [5, 5.41) is 3.05. The van der Waals surface area contributed by atoms with Crippen LogP contribution in [0.3, 0.4) is 0 Å². The second-order valence-electron chi connectivity index (χ2n) is 6.24. The van der Waals surface area contributed by atoms with Crippen molar-refractivity contribution in [3.8, 4) is 0 Å². The Kier molecular flexibility index (Phi) is 5.03. The normalized spacial score (nSPS) is 15.8. The molecule has 1 amide bonds. The lowest BCUT2D eigenvalue weighted by Gasteiger charge is -2.34. The Morgan fingerprint density at radius 1 is 1.16 bits per heavy atom. The minimum atomic E-state index is -3.17. The van der Waals surface area contributed by atoms with Crippen LogP contribution in [0.4, 0.5) is 5.69 Å². The summed E-state index contributed by atoms with van der Waals surface area (Å²) in [5.74, 6) is -0.0935. The highest BCUT2D eigenvalue weighted by atomic mass is 32.2. The summed E-state index contributed by atoms with van der Waals surface area (Å²) < 4.78 is 23.0. The van der Waals surface area contributed by atoms with Crippen LogP contribution in [0, 0.1) is 0 Å². The smallest absolute Gasteiger partial charge is 0.253 e. The molecule has 0 atom stereocenters. The molecule has 1 N–H and O–H groups in total. The zero-order valence-electron chi connectivity index (χ0n) is 14.1. The van der Waals surface area contributed by atoms with Crippen molar-refractivity contribution in [1.82, 2.24) is 10.3 Å². The third-order valence-corrected chi connectivity index (χ3v) is 5.51. The molecule has 1 aromatic heterocycles. The number of benzene rings is 1. The van der Waals surface area contributed by atoms with Gasteiger partial charge in [-0.2, -0.15) is 0 Å². The van der Waals surface area contributed by atoms with Crippen molar-refractivity contribution in [2.45, 2.75) is 23.8 Å². The van der Waals surface area contributed by atoms with Crippen molar-refractivity contribution in [1.29, 1.82) is 0 Å². The number of amides is 1. The standard InChI is InChI=1S/C18H21N3O3S/c1-25(23,24)17-6-4-16(5-7-17)21-11-8-15(9-12-21)20-18(22)14-3-2-10-19-13-14/h2-7,10,13,15H,8-9,11-12H2,1H3,(H,20,22). The summed E-state index contributed by atoms with van der Waals surface area (Å²) in [4.78, 5) is 18.7. The van der Waals surface area contributed by atoms with E-state index in [9.17, 15) is 13.2 Å². The van der Waals surface area contributed by atoms with E-state index in [0.29, 0.717) is 10.5 Å². The van der Waals surface area contributed by atoms with Gasteiger partial charge < -0.3 is 10.2 Å². The summed E-state index contributed by atoms with van der Waals surface area (Å²) in [5.41, 5.74) is 1.57. The van der Waals surface area contributed by atoms with Crippen LogP contribution in [0.5, 0.6) is 0 Å². The molecule has 0 spiro atoms. The van der Waals surface area contributed by atoms with Crippen molar-refractivity contribution in [2.75, 3.05) is 24.2 Å². The van der Waals surface area contributed by atoms with Gasteiger partial charge in [0.15, 0.2) is 9.84 Å². The number of pyridine rings is 1. The lowest BCUT2D eigenvalue weighted by molar-refractivity contribution is 0.0930. The van der Waals surface area contributed by atoms with Crippen molar-refractivity contribution in [3.63, 3.8) is 0 Å². The van der Waals surface area contributed by atoms with Gasteiger partial charge in [-0.15, -0.1) is 0 Å². The number of piperidine rings is 1. The fraction of sp³-hybridized carbons (Fsp3) is 0.333. The summed E-state index contributed by atoms with van der Waals surface area (Å²) in [6.07, 6.45) is 6.11. The Morgan fingerprint density at radius 2 is 1.84 bits per heavy atom. The van der Waals surface area contributed by atoms with E-state index in [2.05, 4.69) is 15.2 Å². The largest absolute Gasteiger partial charge is 0.371 e. The molecule has 2 aromatic rings. The molecule has 25 heavy (non-hydrogen) atoms. The molecule has 1 fully saturated rings. The molecule has 0 unspecified atom stereocenters. The molecule has 0 saturated carbocycles. The molecule has 2 heterocycles. The van der Waals surface area contributed by atoms with Gasteiger partial charge in [-0.25, -0.2) is 8.42 Å². The van der Waals surface area contributed by atoms with E-state index in [-0.39, 0.29) is 11.9 Å². The Labute approximate surface area is 147 Å². The molecule has 1 aromatic carbocycles. The van der Waals surface area contributed by atoms with Crippen LogP contribution in [0.2, 0.25) is 0 Å². The Hall–Kier alpha value is -2.41. The van der Waals surface area contributed by atoms with Crippen LogP contribution >= 0.6 is 0 Å². The van der Waals surface area contributed by atoms with E-state index < -0.39 is 9.84 Å².